The lowest BCUT2D eigenvalue weighted by molar-refractivity contribution is 0.366. The number of pyridine rings is 1. The topological polar surface area (TPSA) is 59.7 Å². The lowest BCUT2D eigenvalue weighted by atomic mass is 10.1. The fraction of sp³-hybridized carbons (Fsp3) is 0.238. The number of benzene rings is 1. The molecule has 0 N–H and O–H groups in total. The fourth-order valence-corrected chi connectivity index (χ4v) is 3.67. The van der Waals surface area contributed by atoms with E-state index < -0.39 is 0 Å². The van der Waals surface area contributed by atoms with Crippen molar-refractivity contribution in [2.45, 2.75) is 18.9 Å². The van der Waals surface area contributed by atoms with E-state index in [1.165, 1.54) is 0 Å². The average molecular weight is 356 g/mol. The molecule has 0 bridgehead atoms. The zero-order chi connectivity index (χ0) is 18.1. The molecule has 1 aliphatic heterocycles. The second-order valence-corrected chi connectivity index (χ2v) is 6.86. The van der Waals surface area contributed by atoms with Crippen LogP contribution in [0.5, 0.6) is 0 Å². The average Bonchev–Trinajstić information content (AvgIpc) is 3.24. The van der Waals surface area contributed by atoms with Gasteiger partial charge in [-0.25, -0.2) is 9.97 Å². The molecule has 27 heavy (non-hydrogen) atoms. The maximum Gasteiger partial charge on any atom is 0.128 e. The van der Waals surface area contributed by atoms with Gasteiger partial charge >= 0.3 is 0 Å². The lowest BCUT2D eigenvalue weighted by Crippen LogP contribution is -2.35. The molecule has 6 heteroatoms. The van der Waals surface area contributed by atoms with Crippen LogP contribution in [0, 0.1) is 0 Å². The number of para-hydroxylation sites is 2. The van der Waals surface area contributed by atoms with E-state index in [0.717, 1.165) is 54.0 Å². The van der Waals surface area contributed by atoms with Crippen molar-refractivity contribution in [1.29, 1.82) is 0 Å². The Labute approximate surface area is 157 Å². The monoisotopic (exact) mass is 356 g/mol. The van der Waals surface area contributed by atoms with E-state index in [2.05, 4.69) is 36.9 Å². The third-order valence-electron chi connectivity index (χ3n) is 5.16. The van der Waals surface area contributed by atoms with Crippen LogP contribution in [0.2, 0.25) is 0 Å². The van der Waals surface area contributed by atoms with Gasteiger partial charge in [0, 0.05) is 31.0 Å². The molecule has 4 aromatic rings. The Bertz CT molecular complexity index is 1050. The minimum absolute atomic E-state index is 0.409. The van der Waals surface area contributed by atoms with Crippen LogP contribution in [0.1, 0.15) is 18.9 Å². The number of rotatable bonds is 3. The predicted molar refractivity (Wildman–Crippen MR) is 105 cm³/mol. The first-order valence-electron chi connectivity index (χ1n) is 9.29. The molecular formula is C21H20N6. The second-order valence-electron chi connectivity index (χ2n) is 6.86. The number of fused-ring (bicyclic) bond motifs is 1. The highest BCUT2D eigenvalue weighted by Crippen LogP contribution is 2.27. The molecule has 0 unspecified atom stereocenters. The molecule has 1 aliphatic rings. The van der Waals surface area contributed by atoms with Crippen LogP contribution >= 0.6 is 0 Å². The molecule has 0 spiro atoms. The zero-order valence-electron chi connectivity index (χ0n) is 14.9. The summed E-state index contributed by atoms with van der Waals surface area (Å²) >= 11 is 0. The highest BCUT2D eigenvalue weighted by atomic mass is 15.3. The number of hydrogen-bond donors (Lipinski definition) is 0. The SMILES string of the molecule is c1ccc(N2CCC(n3cc(-c4cnc5ccccc5n4)cn3)CC2)nc1. The molecule has 3 aromatic heterocycles. The molecular weight excluding hydrogens is 336 g/mol. The molecule has 5 rings (SSSR count). The molecule has 0 atom stereocenters. The summed E-state index contributed by atoms with van der Waals surface area (Å²) in [6, 6.07) is 14.4. The Morgan fingerprint density at radius 3 is 2.48 bits per heavy atom. The van der Waals surface area contributed by atoms with E-state index in [-0.39, 0.29) is 0 Å². The largest absolute Gasteiger partial charge is 0.356 e. The Hall–Kier alpha value is -3.28. The third-order valence-corrected chi connectivity index (χ3v) is 5.16. The third kappa shape index (κ3) is 3.14. The van der Waals surface area contributed by atoms with E-state index in [1.54, 1.807) is 0 Å². The number of aromatic nitrogens is 5. The van der Waals surface area contributed by atoms with Gasteiger partial charge in [0.25, 0.3) is 0 Å². The second kappa shape index (κ2) is 6.79. The Morgan fingerprint density at radius 1 is 0.852 bits per heavy atom. The van der Waals surface area contributed by atoms with Crippen molar-refractivity contribution in [3.05, 3.63) is 67.3 Å². The van der Waals surface area contributed by atoms with Crippen LogP contribution in [0.4, 0.5) is 5.82 Å². The number of piperidine rings is 1. The molecule has 0 aliphatic carbocycles. The summed E-state index contributed by atoms with van der Waals surface area (Å²) < 4.78 is 2.09. The quantitative estimate of drug-likeness (QED) is 0.560. The molecule has 1 saturated heterocycles. The summed E-state index contributed by atoms with van der Waals surface area (Å²) in [7, 11) is 0. The van der Waals surface area contributed by atoms with E-state index in [9.17, 15) is 0 Å². The smallest absolute Gasteiger partial charge is 0.128 e. The van der Waals surface area contributed by atoms with E-state index in [1.807, 2.05) is 55.0 Å². The molecule has 1 aromatic carbocycles. The molecule has 0 amide bonds. The Morgan fingerprint density at radius 2 is 1.67 bits per heavy atom. The van der Waals surface area contributed by atoms with Gasteiger partial charge in [-0.2, -0.15) is 5.10 Å². The summed E-state index contributed by atoms with van der Waals surface area (Å²) in [6.45, 7) is 1.99. The van der Waals surface area contributed by atoms with Gasteiger partial charge in [-0.15, -0.1) is 0 Å². The summed E-state index contributed by atoms with van der Waals surface area (Å²) in [5.41, 5.74) is 3.70. The van der Waals surface area contributed by atoms with E-state index >= 15 is 0 Å². The fourth-order valence-electron chi connectivity index (χ4n) is 3.67. The summed E-state index contributed by atoms with van der Waals surface area (Å²) in [5, 5.41) is 4.61. The summed E-state index contributed by atoms with van der Waals surface area (Å²) in [6.07, 6.45) is 9.78. The van der Waals surface area contributed by atoms with Gasteiger partial charge in [0.1, 0.15) is 5.82 Å². The van der Waals surface area contributed by atoms with E-state index in [0.29, 0.717) is 6.04 Å². The first-order valence-corrected chi connectivity index (χ1v) is 9.29. The summed E-state index contributed by atoms with van der Waals surface area (Å²) in [4.78, 5) is 16.0. The van der Waals surface area contributed by atoms with Gasteiger partial charge in [-0.1, -0.05) is 18.2 Å². The van der Waals surface area contributed by atoms with Crippen LogP contribution in [0.25, 0.3) is 22.3 Å². The molecule has 1 fully saturated rings. The van der Waals surface area contributed by atoms with Gasteiger partial charge < -0.3 is 4.90 Å². The van der Waals surface area contributed by atoms with Crippen molar-refractivity contribution in [3.8, 4) is 11.3 Å². The van der Waals surface area contributed by atoms with Gasteiger partial charge in [0.2, 0.25) is 0 Å². The van der Waals surface area contributed by atoms with Crippen molar-refractivity contribution < 1.29 is 0 Å². The Balaban J connectivity index is 1.32. The molecule has 6 nitrogen and oxygen atoms in total. The van der Waals surface area contributed by atoms with Crippen molar-refractivity contribution in [2.75, 3.05) is 18.0 Å². The van der Waals surface area contributed by atoms with Crippen LogP contribution < -0.4 is 4.90 Å². The number of nitrogens with zero attached hydrogens (tertiary/aromatic N) is 6. The highest BCUT2D eigenvalue weighted by Gasteiger charge is 2.22. The van der Waals surface area contributed by atoms with Gasteiger partial charge in [-0.3, -0.25) is 9.67 Å². The normalized spacial score (nSPS) is 15.3. The van der Waals surface area contributed by atoms with Crippen LogP contribution in [0.15, 0.2) is 67.3 Å². The standard InChI is InChI=1S/C21H20N6/c1-2-6-19-18(5-1)23-14-20(25-19)16-13-24-27(15-16)17-8-11-26(12-9-17)21-7-3-4-10-22-21/h1-7,10,13-15,17H,8-9,11-12H2. The predicted octanol–water partition coefficient (Wildman–Crippen LogP) is 3.73. The molecule has 134 valence electrons. The van der Waals surface area contributed by atoms with E-state index in [4.69, 9.17) is 4.98 Å². The number of anilines is 1. The van der Waals surface area contributed by atoms with Crippen LogP contribution in [0.3, 0.4) is 0 Å². The van der Waals surface area contributed by atoms with Gasteiger partial charge in [-0.05, 0) is 37.1 Å². The maximum atomic E-state index is 4.72. The van der Waals surface area contributed by atoms with Crippen molar-refractivity contribution in [2.24, 2.45) is 0 Å². The number of hydrogen-bond acceptors (Lipinski definition) is 5. The molecule has 0 radical (unpaired) electrons. The van der Waals surface area contributed by atoms with Crippen LogP contribution in [-0.2, 0) is 0 Å². The van der Waals surface area contributed by atoms with Gasteiger partial charge in [0.15, 0.2) is 0 Å². The molecule has 4 heterocycles. The molecule has 0 saturated carbocycles. The maximum absolute atomic E-state index is 4.72. The van der Waals surface area contributed by atoms with Crippen molar-refractivity contribution in [3.63, 3.8) is 0 Å². The van der Waals surface area contributed by atoms with Crippen LogP contribution in [-0.4, -0.2) is 37.8 Å². The minimum atomic E-state index is 0.409. The first kappa shape index (κ1) is 15.9. The zero-order valence-corrected chi connectivity index (χ0v) is 14.9. The van der Waals surface area contributed by atoms with Crippen molar-refractivity contribution >= 4 is 16.9 Å². The Kier molecular flexibility index (Phi) is 4.01. The lowest BCUT2D eigenvalue weighted by Gasteiger charge is -2.32. The van der Waals surface area contributed by atoms with Gasteiger partial charge in [0.05, 0.1) is 35.2 Å². The minimum Gasteiger partial charge on any atom is -0.356 e. The summed E-state index contributed by atoms with van der Waals surface area (Å²) in [5.74, 6) is 1.06. The first-order chi connectivity index (χ1) is 13.4. The van der Waals surface area contributed by atoms with Crippen molar-refractivity contribution in [1.82, 2.24) is 24.7 Å². The highest BCUT2D eigenvalue weighted by molar-refractivity contribution is 5.76.